The van der Waals surface area contributed by atoms with Crippen LogP contribution in [0.25, 0.3) is 0 Å². The van der Waals surface area contributed by atoms with Crippen molar-refractivity contribution >= 4 is 18.3 Å². The molecule has 1 N–H and O–H groups in total. The number of nitrogens with one attached hydrogen (secondary N) is 1. The monoisotopic (exact) mass is 300 g/mol. The third-order valence-electron chi connectivity index (χ3n) is 3.50. The summed E-state index contributed by atoms with van der Waals surface area (Å²) < 4.78 is 13.1. The van der Waals surface area contributed by atoms with Gasteiger partial charge in [-0.05, 0) is 30.5 Å². The van der Waals surface area contributed by atoms with E-state index >= 15 is 0 Å². The first-order chi connectivity index (χ1) is 9.20. The van der Waals surface area contributed by atoms with Crippen molar-refractivity contribution < 1.29 is 9.18 Å². The largest absolute Gasteiger partial charge is 0.342 e. The quantitative estimate of drug-likeness (QED) is 0.874. The minimum absolute atomic E-state index is 0. The molecule has 0 aromatic heterocycles. The molecule has 0 bridgehead atoms. The van der Waals surface area contributed by atoms with E-state index in [1.807, 2.05) is 11.0 Å². The maximum Gasteiger partial charge on any atom is 0.228 e. The van der Waals surface area contributed by atoms with Gasteiger partial charge in [0, 0.05) is 26.2 Å². The summed E-state index contributed by atoms with van der Waals surface area (Å²) >= 11 is 0. The van der Waals surface area contributed by atoms with Crippen molar-refractivity contribution in [3.63, 3.8) is 0 Å². The van der Waals surface area contributed by atoms with Crippen LogP contribution in [0.5, 0.6) is 0 Å². The SMILES string of the molecule is CCCN(CCc1cccc(F)c1)C(=O)C1CNC1.Cl. The Kier molecular flexibility index (Phi) is 6.96. The summed E-state index contributed by atoms with van der Waals surface area (Å²) in [6.07, 6.45) is 1.67. The summed E-state index contributed by atoms with van der Waals surface area (Å²) in [5.41, 5.74) is 0.945. The number of carbonyl (C=O) groups is 1. The molecule has 0 unspecified atom stereocenters. The molecule has 0 spiro atoms. The smallest absolute Gasteiger partial charge is 0.228 e. The van der Waals surface area contributed by atoms with Crippen LogP contribution >= 0.6 is 12.4 Å². The molecule has 1 heterocycles. The van der Waals surface area contributed by atoms with Crippen LogP contribution in [0.15, 0.2) is 24.3 Å². The lowest BCUT2D eigenvalue weighted by molar-refractivity contribution is -0.137. The molecule has 1 aliphatic rings. The van der Waals surface area contributed by atoms with Crippen molar-refractivity contribution in [2.24, 2.45) is 5.92 Å². The van der Waals surface area contributed by atoms with Crippen LogP contribution in [0.2, 0.25) is 0 Å². The van der Waals surface area contributed by atoms with Gasteiger partial charge in [0.25, 0.3) is 0 Å². The fourth-order valence-corrected chi connectivity index (χ4v) is 2.28. The summed E-state index contributed by atoms with van der Waals surface area (Å²) in [5, 5.41) is 3.12. The predicted molar refractivity (Wildman–Crippen MR) is 80.6 cm³/mol. The molecule has 2 rings (SSSR count). The van der Waals surface area contributed by atoms with E-state index in [-0.39, 0.29) is 30.0 Å². The van der Waals surface area contributed by atoms with Crippen LogP contribution in [-0.4, -0.2) is 37.0 Å². The van der Waals surface area contributed by atoms with Gasteiger partial charge in [0.2, 0.25) is 5.91 Å². The van der Waals surface area contributed by atoms with Crippen LogP contribution in [0.1, 0.15) is 18.9 Å². The molecule has 1 amide bonds. The number of benzene rings is 1. The Morgan fingerprint density at radius 2 is 2.15 bits per heavy atom. The lowest BCUT2D eigenvalue weighted by Crippen LogP contribution is -2.52. The molecule has 1 fully saturated rings. The van der Waals surface area contributed by atoms with E-state index in [4.69, 9.17) is 0 Å². The molecule has 5 heteroatoms. The van der Waals surface area contributed by atoms with E-state index in [0.29, 0.717) is 13.0 Å². The van der Waals surface area contributed by atoms with Crippen molar-refractivity contribution in [2.45, 2.75) is 19.8 Å². The Hall–Kier alpha value is -1.13. The van der Waals surface area contributed by atoms with Gasteiger partial charge in [-0.2, -0.15) is 0 Å². The molecule has 1 aliphatic heterocycles. The van der Waals surface area contributed by atoms with Crippen molar-refractivity contribution in [3.05, 3.63) is 35.6 Å². The Balaban J connectivity index is 0.00000200. The summed E-state index contributed by atoms with van der Waals surface area (Å²) in [4.78, 5) is 14.1. The number of halogens is 2. The standard InChI is InChI=1S/C15H21FN2O.ClH/c1-2-7-18(15(19)13-10-17-11-13)8-6-12-4-3-5-14(16)9-12;/h3-5,9,13,17H,2,6-8,10-11H2,1H3;1H. The minimum atomic E-state index is -0.214. The zero-order valence-corrected chi connectivity index (χ0v) is 12.6. The van der Waals surface area contributed by atoms with Crippen LogP contribution in [0.3, 0.4) is 0 Å². The van der Waals surface area contributed by atoms with Gasteiger partial charge in [-0.1, -0.05) is 19.1 Å². The topological polar surface area (TPSA) is 32.3 Å². The summed E-state index contributed by atoms with van der Waals surface area (Å²) in [6.45, 7) is 5.11. The highest BCUT2D eigenvalue weighted by atomic mass is 35.5. The average Bonchev–Trinajstić information content (AvgIpc) is 2.32. The van der Waals surface area contributed by atoms with E-state index < -0.39 is 0 Å². The zero-order valence-electron chi connectivity index (χ0n) is 11.8. The molecule has 1 saturated heterocycles. The van der Waals surface area contributed by atoms with E-state index in [0.717, 1.165) is 31.6 Å². The highest BCUT2D eigenvalue weighted by Gasteiger charge is 2.28. The van der Waals surface area contributed by atoms with Gasteiger partial charge in [-0.15, -0.1) is 12.4 Å². The molecule has 0 saturated carbocycles. The molecule has 112 valence electrons. The third kappa shape index (κ3) is 4.46. The molecular formula is C15H22ClFN2O. The molecule has 0 radical (unpaired) electrons. The fraction of sp³-hybridized carbons (Fsp3) is 0.533. The first-order valence-electron chi connectivity index (χ1n) is 6.94. The van der Waals surface area contributed by atoms with Gasteiger partial charge in [0.05, 0.1) is 5.92 Å². The molecule has 1 aromatic carbocycles. The molecule has 0 aliphatic carbocycles. The van der Waals surface area contributed by atoms with Crippen LogP contribution in [0.4, 0.5) is 4.39 Å². The number of hydrogen-bond acceptors (Lipinski definition) is 2. The Bertz CT molecular complexity index is 438. The normalized spacial score (nSPS) is 14.3. The second-order valence-corrected chi connectivity index (χ2v) is 5.06. The van der Waals surface area contributed by atoms with Crippen molar-refractivity contribution in [1.82, 2.24) is 10.2 Å². The molecule has 3 nitrogen and oxygen atoms in total. The van der Waals surface area contributed by atoms with Gasteiger partial charge in [-0.3, -0.25) is 4.79 Å². The second kappa shape index (κ2) is 8.22. The van der Waals surface area contributed by atoms with Gasteiger partial charge < -0.3 is 10.2 Å². The fourth-order valence-electron chi connectivity index (χ4n) is 2.28. The van der Waals surface area contributed by atoms with Gasteiger partial charge >= 0.3 is 0 Å². The number of nitrogens with zero attached hydrogens (tertiary/aromatic N) is 1. The summed E-state index contributed by atoms with van der Waals surface area (Å²) in [7, 11) is 0. The van der Waals surface area contributed by atoms with Crippen molar-refractivity contribution in [1.29, 1.82) is 0 Å². The first kappa shape index (κ1) is 16.9. The summed E-state index contributed by atoms with van der Waals surface area (Å²) in [5.74, 6) is 0.158. The summed E-state index contributed by atoms with van der Waals surface area (Å²) in [6, 6.07) is 6.60. The van der Waals surface area contributed by atoms with Gasteiger partial charge in [0.1, 0.15) is 5.82 Å². The Morgan fingerprint density at radius 3 is 2.70 bits per heavy atom. The van der Waals surface area contributed by atoms with Gasteiger partial charge in [0.15, 0.2) is 0 Å². The highest BCUT2D eigenvalue weighted by molar-refractivity contribution is 5.85. The van der Waals surface area contributed by atoms with E-state index in [1.54, 1.807) is 12.1 Å². The highest BCUT2D eigenvalue weighted by Crippen LogP contribution is 2.11. The number of carbonyl (C=O) groups excluding carboxylic acids is 1. The minimum Gasteiger partial charge on any atom is -0.342 e. The predicted octanol–water partition coefficient (Wildman–Crippen LogP) is 2.25. The number of hydrogen-bond donors (Lipinski definition) is 1. The molecule has 1 aromatic rings. The lowest BCUT2D eigenvalue weighted by Gasteiger charge is -2.32. The third-order valence-corrected chi connectivity index (χ3v) is 3.50. The second-order valence-electron chi connectivity index (χ2n) is 5.06. The molecular weight excluding hydrogens is 279 g/mol. The van der Waals surface area contributed by atoms with Crippen molar-refractivity contribution in [2.75, 3.05) is 26.2 Å². The maximum absolute atomic E-state index is 13.1. The number of amides is 1. The first-order valence-corrected chi connectivity index (χ1v) is 6.94. The molecule has 0 atom stereocenters. The van der Waals surface area contributed by atoms with Crippen LogP contribution in [-0.2, 0) is 11.2 Å². The Labute approximate surface area is 125 Å². The van der Waals surface area contributed by atoms with Crippen LogP contribution in [0, 0.1) is 11.7 Å². The van der Waals surface area contributed by atoms with Gasteiger partial charge in [-0.25, -0.2) is 4.39 Å². The van der Waals surface area contributed by atoms with Crippen molar-refractivity contribution in [3.8, 4) is 0 Å². The Morgan fingerprint density at radius 1 is 1.40 bits per heavy atom. The van der Waals surface area contributed by atoms with Crippen LogP contribution < -0.4 is 5.32 Å². The van der Waals surface area contributed by atoms with E-state index in [1.165, 1.54) is 6.07 Å². The van der Waals surface area contributed by atoms with E-state index in [2.05, 4.69) is 12.2 Å². The average molecular weight is 301 g/mol. The van der Waals surface area contributed by atoms with E-state index in [9.17, 15) is 9.18 Å². The molecule has 20 heavy (non-hydrogen) atoms. The maximum atomic E-state index is 13.1. The number of rotatable bonds is 6. The lowest BCUT2D eigenvalue weighted by atomic mass is 10.0. The zero-order chi connectivity index (χ0) is 13.7.